The Morgan fingerprint density at radius 2 is 1.89 bits per heavy atom. The maximum atomic E-state index is 12.8. The second-order valence-electron chi connectivity index (χ2n) is 6.03. The normalized spacial score (nSPS) is 17.3. The molecule has 1 aromatic heterocycles. The summed E-state index contributed by atoms with van der Waals surface area (Å²) in [6, 6.07) is 4.75. The van der Waals surface area contributed by atoms with Crippen molar-refractivity contribution in [3.8, 4) is 11.6 Å². The number of nitrogens with zero attached hydrogens (tertiary/aromatic N) is 1. The van der Waals surface area contributed by atoms with Crippen molar-refractivity contribution in [2.75, 3.05) is 14.2 Å². The Kier molecular flexibility index (Phi) is 4.71. The highest BCUT2D eigenvalue weighted by atomic mass is 32.2. The molecule has 1 aliphatic carbocycles. The first-order valence-electron chi connectivity index (χ1n) is 7.84. The zero-order chi connectivity index (χ0) is 20.0. The van der Waals surface area contributed by atoms with Gasteiger partial charge in [-0.05, 0) is 35.8 Å². The average Bonchev–Trinajstić information content (AvgIpc) is 2.59. The largest absolute Gasteiger partial charge is 0.534 e. The van der Waals surface area contributed by atoms with Gasteiger partial charge in [-0.1, -0.05) is 6.92 Å². The van der Waals surface area contributed by atoms with E-state index in [-0.39, 0.29) is 17.0 Å². The van der Waals surface area contributed by atoms with E-state index in [1.165, 1.54) is 20.3 Å². The molecule has 1 aliphatic rings. The van der Waals surface area contributed by atoms with Crippen LogP contribution in [0.3, 0.4) is 0 Å². The fourth-order valence-electron chi connectivity index (χ4n) is 3.00. The molecule has 1 unspecified atom stereocenters. The molecule has 0 fully saturated rings. The van der Waals surface area contributed by atoms with Crippen molar-refractivity contribution in [2.24, 2.45) is 0 Å². The van der Waals surface area contributed by atoms with E-state index in [0.717, 1.165) is 0 Å². The number of hydrogen-bond donors (Lipinski definition) is 0. The van der Waals surface area contributed by atoms with Crippen LogP contribution < -0.4 is 8.92 Å². The molecular weight excluding hydrogens is 387 g/mol. The summed E-state index contributed by atoms with van der Waals surface area (Å²) < 4.78 is 76.3. The van der Waals surface area contributed by atoms with Gasteiger partial charge in [0, 0.05) is 17.4 Å². The molecule has 0 amide bonds. The van der Waals surface area contributed by atoms with Crippen molar-refractivity contribution in [1.29, 1.82) is 0 Å². The lowest BCUT2D eigenvalue weighted by Gasteiger charge is -2.25. The Bertz CT molecular complexity index is 1030. The molecular formula is C17H16F3NO5S. The number of methoxy groups -OCH3 is 2. The summed E-state index contributed by atoms with van der Waals surface area (Å²) >= 11 is 0. The minimum absolute atomic E-state index is 0.266. The molecule has 0 saturated carbocycles. The van der Waals surface area contributed by atoms with Crippen LogP contribution in [0.25, 0.3) is 17.0 Å². The third-order valence-corrected chi connectivity index (χ3v) is 5.22. The number of hydrogen-bond acceptors (Lipinski definition) is 6. The maximum Gasteiger partial charge on any atom is 0.534 e. The molecule has 0 bridgehead atoms. The predicted octanol–water partition coefficient (Wildman–Crippen LogP) is 3.97. The Labute approximate surface area is 153 Å². The van der Waals surface area contributed by atoms with Crippen LogP contribution in [0.5, 0.6) is 11.6 Å². The number of rotatable bonds is 4. The standard InChI is InChI=1S/C17H16F3NO5S/c1-9-6-11(25-3)8-13-12-7-10(24-2)4-5-14(12)21-16(15(9)13)26-27(22,23)17(18,19)20/h4-5,7-9H,6H2,1-3H3. The lowest BCUT2D eigenvalue weighted by molar-refractivity contribution is -0.0501. The first kappa shape index (κ1) is 19.3. The Balaban J connectivity index is 2.31. The molecule has 3 rings (SSSR count). The van der Waals surface area contributed by atoms with Gasteiger partial charge in [0.2, 0.25) is 5.88 Å². The number of ether oxygens (including phenoxy) is 2. The lowest BCUT2D eigenvalue weighted by atomic mass is 9.86. The third kappa shape index (κ3) is 3.41. The van der Waals surface area contributed by atoms with E-state index in [1.54, 1.807) is 25.1 Å². The summed E-state index contributed by atoms with van der Waals surface area (Å²) in [4.78, 5) is 4.04. The number of benzene rings is 1. The topological polar surface area (TPSA) is 74.7 Å². The van der Waals surface area contributed by atoms with Gasteiger partial charge in [0.15, 0.2) is 0 Å². The number of pyridine rings is 1. The third-order valence-electron chi connectivity index (χ3n) is 4.28. The molecule has 146 valence electrons. The van der Waals surface area contributed by atoms with Gasteiger partial charge in [-0.3, -0.25) is 0 Å². The number of aromatic nitrogens is 1. The van der Waals surface area contributed by atoms with Gasteiger partial charge in [-0.25, -0.2) is 4.98 Å². The van der Waals surface area contributed by atoms with Crippen molar-refractivity contribution in [1.82, 2.24) is 4.98 Å². The van der Waals surface area contributed by atoms with Crippen LogP contribution in [0, 0.1) is 0 Å². The molecule has 6 nitrogen and oxygen atoms in total. The number of halogens is 3. The minimum atomic E-state index is -5.85. The van der Waals surface area contributed by atoms with E-state index in [0.29, 0.717) is 28.9 Å². The highest BCUT2D eigenvalue weighted by Gasteiger charge is 2.49. The van der Waals surface area contributed by atoms with Crippen molar-refractivity contribution in [2.45, 2.75) is 24.8 Å². The molecule has 1 aromatic carbocycles. The molecule has 10 heteroatoms. The monoisotopic (exact) mass is 403 g/mol. The van der Waals surface area contributed by atoms with Gasteiger partial charge < -0.3 is 13.7 Å². The second-order valence-corrected chi connectivity index (χ2v) is 7.57. The SMILES string of the molecule is COC1=Cc2c(c(OS(=O)(=O)C(F)(F)F)nc3ccc(OC)cc23)C(C)C1. The number of allylic oxidation sites excluding steroid dienone is 1. The number of fused-ring (bicyclic) bond motifs is 3. The summed E-state index contributed by atoms with van der Waals surface area (Å²) in [6.45, 7) is 1.73. The molecule has 0 aliphatic heterocycles. The van der Waals surface area contributed by atoms with Gasteiger partial charge in [0.05, 0.1) is 25.5 Å². The van der Waals surface area contributed by atoms with E-state index >= 15 is 0 Å². The molecule has 1 heterocycles. The second kappa shape index (κ2) is 6.59. The average molecular weight is 403 g/mol. The molecule has 0 spiro atoms. The fourth-order valence-corrected chi connectivity index (χ4v) is 3.43. The van der Waals surface area contributed by atoms with E-state index in [4.69, 9.17) is 9.47 Å². The minimum Gasteiger partial charge on any atom is -0.501 e. The zero-order valence-electron chi connectivity index (χ0n) is 14.6. The van der Waals surface area contributed by atoms with Crippen LogP contribution >= 0.6 is 0 Å². The first-order valence-corrected chi connectivity index (χ1v) is 9.25. The van der Waals surface area contributed by atoms with Crippen molar-refractivity contribution < 1.29 is 35.2 Å². The summed E-state index contributed by atoms with van der Waals surface area (Å²) in [5.41, 5.74) is -4.53. The van der Waals surface area contributed by atoms with Gasteiger partial charge in [0.1, 0.15) is 5.75 Å². The highest BCUT2D eigenvalue weighted by molar-refractivity contribution is 7.87. The van der Waals surface area contributed by atoms with Gasteiger partial charge >= 0.3 is 15.6 Å². The van der Waals surface area contributed by atoms with Crippen molar-refractivity contribution in [3.63, 3.8) is 0 Å². The van der Waals surface area contributed by atoms with Crippen LogP contribution in [0.4, 0.5) is 13.2 Å². The maximum absolute atomic E-state index is 12.8. The van der Waals surface area contributed by atoms with Gasteiger partial charge in [0.25, 0.3) is 0 Å². The van der Waals surface area contributed by atoms with E-state index < -0.39 is 21.5 Å². The molecule has 0 N–H and O–H groups in total. The molecule has 0 saturated heterocycles. The lowest BCUT2D eigenvalue weighted by Crippen LogP contribution is -2.29. The summed E-state index contributed by atoms with van der Waals surface area (Å²) in [7, 11) is -2.88. The fraction of sp³-hybridized carbons (Fsp3) is 0.353. The smallest absolute Gasteiger partial charge is 0.501 e. The van der Waals surface area contributed by atoms with Crippen LogP contribution in [-0.4, -0.2) is 33.1 Å². The molecule has 0 radical (unpaired) electrons. The molecule has 27 heavy (non-hydrogen) atoms. The summed E-state index contributed by atoms with van der Waals surface area (Å²) in [5, 5.41) is 0.585. The van der Waals surface area contributed by atoms with Crippen LogP contribution in [0.2, 0.25) is 0 Å². The van der Waals surface area contributed by atoms with Crippen LogP contribution in [0.15, 0.2) is 24.0 Å². The summed E-state index contributed by atoms with van der Waals surface area (Å²) in [6.07, 6.45) is 2.01. The Morgan fingerprint density at radius 1 is 1.19 bits per heavy atom. The highest BCUT2D eigenvalue weighted by Crippen LogP contribution is 2.43. The van der Waals surface area contributed by atoms with Crippen LogP contribution in [0.1, 0.15) is 30.4 Å². The molecule has 2 aromatic rings. The van der Waals surface area contributed by atoms with Gasteiger partial charge in [-0.2, -0.15) is 21.6 Å². The predicted molar refractivity (Wildman–Crippen MR) is 91.9 cm³/mol. The van der Waals surface area contributed by atoms with E-state index in [9.17, 15) is 21.6 Å². The number of alkyl halides is 3. The quantitative estimate of drug-likeness (QED) is 0.568. The summed E-state index contributed by atoms with van der Waals surface area (Å²) in [5.74, 6) is 0.170. The zero-order valence-corrected chi connectivity index (χ0v) is 15.4. The van der Waals surface area contributed by atoms with Crippen LogP contribution in [-0.2, 0) is 14.9 Å². The first-order chi connectivity index (χ1) is 12.6. The Morgan fingerprint density at radius 3 is 2.48 bits per heavy atom. The van der Waals surface area contributed by atoms with Gasteiger partial charge in [-0.15, -0.1) is 0 Å². The van der Waals surface area contributed by atoms with Crippen molar-refractivity contribution in [3.05, 3.63) is 35.1 Å². The molecule has 1 atom stereocenters. The van der Waals surface area contributed by atoms with E-state index in [2.05, 4.69) is 9.17 Å². The van der Waals surface area contributed by atoms with Crippen molar-refractivity contribution >= 4 is 27.1 Å². The van der Waals surface area contributed by atoms with E-state index in [1.807, 2.05) is 0 Å². The Hall–Kier alpha value is -2.49.